The number of methoxy groups -OCH3 is 1. The molecule has 0 heterocycles. The summed E-state index contributed by atoms with van der Waals surface area (Å²) in [6.45, 7) is 0. The topological polar surface area (TPSA) is 55.4 Å². The second-order valence-electron chi connectivity index (χ2n) is 3.03. The number of aldehydes is 1. The van der Waals surface area contributed by atoms with Crippen LogP contribution < -0.4 is 10.1 Å². The first-order chi connectivity index (χ1) is 7.21. The number of carbonyl (C=O) groups is 2. The number of nitrogens with one attached hydrogen (secondary N) is 1. The third-order valence-corrected chi connectivity index (χ3v) is 2.11. The maximum atomic E-state index is 11.1. The zero-order valence-corrected chi connectivity index (χ0v) is 8.74. The van der Waals surface area contributed by atoms with Crippen LogP contribution in [0.25, 0.3) is 0 Å². The highest BCUT2D eigenvalue weighted by atomic mass is 16.5. The molecule has 80 valence electrons. The van der Waals surface area contributed by atoms with E-state index in [0.29, 0.717) is 16.9 Å². The third-order valence-electron chi connectivity index (χ3n) is 2.11. The predicted octanol–water partition coefficient (Wildman–Crippen LogP) is 0.796. The van der Waals surface area contributed by atoms with Crippen LogP contribution in [0.15, 0.2) is 18.2 Å². The minimum atomic E-state index is -0.122. The molecule has 0 spiro atoms. The number of hydrogen-bond donors (Lipinski definition) is 1. The second-order valence-corrected chi connectivity index (χ2v) is 3.03. The van der Waals surface area contributed by atoms with Gasteiger partial charge < -0.3 is 10.1 Å². The minimum absolute atomic E-state index is 0.122. The van der Waals surface area contributed by atoms with Crippen LogP contribution in [0.2, 0.25) is 0 Å². The molecule has 1 aromatic rings. The lowest BCUT2D eigenvalue weighted by Crippen LogP contribution is -2.20. The van der Waals surface area contributed by atoms with Gasteiger partial charge in [-0.15, -0.1) is 0 Å². The Balaban J connectivity index is 2.97. The summed E-state index contributed by atoms with van der Waals surface area (Å²) in [4.78, 5) is 21.9. The van der Waals surface area contributed by atoms with Crippen molar-refractivity contribution in [1.29, 1.82) is 0 Å². The van der Waals surface area contributed by atoms with E-state index < -0.39 is 0 Å². The van der Waals surface area contributed by atoms with Gasteiger partial charge in [0.15, 0.2) is 0 Å². The third kappa shape index (κ3) is 2.80. The summed E-state index contributed by atoms with van der Waals surface area (Å²) in [7, 11) is 3.09. The molecule has 0 fully saturated rings. The minimum Gasteiger partial charge on any atom is -0.497 e. The van der Waals surface area contributed by atoms with Gasteiger partial charge >= 0.3 is 0 Å². The van der Waals surface area contributed by atoms with Gasteiger partial charge in [-0.25, -0.2) is 0 Å². The summed E-state index contributed by atoms with van der Waals surface area (Å²) in [5.74, 6) is 0.487. The molecule has 1 N–H and O–H groups in total. The van der Waals surface area contributed by atoms with Crippen LogP contribution >= 0.6 is 0 Å². The molecular formula is C11H13NO3. The van der Waals surface area contributed by atoms with Crippen molar-refractivity contribution in [2.75, 3.05) is 14.2 Å². The van der Waals surface area contributed by atoms with Crippen LogP contribution in [0.4, 0.5) is 0 Å². The van der Waals surface area contributed by atoms with E-state index in [2.05, 4.69) is 5.32 Å². The Hall–Kier alpha value is -1.84. The maximum Gasteiger partial charge on any atom is 0.224 e. The number of rotatable bonds is 4. The molecule has 0 bridgehead atoms. The summed E-state index contributed by atoms with van der Waals surface area (Å²) >= 11 is 0. The average Bonchev–Trinajstić information content (AvgIpc) is 2.29. The maximum absolute atomic E-state index is 11.1. The number of hydrogen-bond acceptors (Lipinski definition) is 3. The average molecular weight is 207 g/mol. The van der Waals surface area contributed by atoms with Gasteiger partial charge in [0, 0.05) is 12.6 Å². The van der Waals surface area contributed by atoms with Crippen molar-refractivity contribution >= 4 is 12.2 Å². The summed E-state index contributed by atoms with van der Waals surface area (Å²) in [6.07, 6.45) is 0.926. The Labute approximate surface area is 88.2 Å². The molecule has 15 heavy (non-hydrogen) atoms. The number of amides is 1. The summed E-state index contributed by atoms with van der Waals surface area (Å²) in [5.41, 5.74) is 1.18. The first kappa shape index (κ1) is 11.2. The molecule has 4 nitrogen and oxygen atoms in total. The predicted molar refractivity (Wildman–Crippen MR) is 56.2 cm³/mol. The van der Waals surface area contributed by atoms with E-state index in [0.717, 1.165) is 6.29 Å². The molecule has 0 aliphatic heterocycles. The Bertz CT molecular complexity index is 374. The summed E-state index contributed by atoms with van der Waals surface area (Å²) < 4.78 is 4.98. The van der Waals surface area contributed by atoms with E-state index >= 15 is 0 Å². The fourth-order valence-corrected chi connectivity index (χ4v) is 1.23. The standard InChI is InChI=1S/C11H13NO3/c1-12-11(14)6-8-3-4-10(15-2)5-9(8)7-13/h3-5,7H,6H2,1-2H3,(H,12,14). The van der Waals surface area contributed by atoms with Crippen molar-refractivity contribution in [2.45, 2.75) is 6.42 Å². The van der Waals surface area contributed by atoms with E-state index in [1.807, 2.05) is 0 Å². The van der Waals surface area contributed by atoms with Crippen LogP contribution in [0, 0.1) is 0 Å². The largest absolute Gasteiger partial charge is 0.497 e. The molecule has 0 unspecified atom stereocenters. The zero-order valence-electron chi connectivity index (χ0n) is 8.74. The summed E-state index contributed by atoms with van der Waals surface area (Å²) in [5, 5.41) is 2.51. The van der Waals surface area contributed by atoms with Gasteiger partial charge in [-0.1, -0.05) is 6.07 Å². The number of carbonyl (C=O) groups excluding carboxylic acids is 2. The molecule has 0 aliphatic carbocycles. The molecule has 0 saturated heterocycles. The molecule has 1 rings (SSSR count). The van der Waals surface area contributed by atoms with Gasteiger partial charge in [0.1, 0.15) is 12.0 Å². The Morgan fingerprint density at radius 2 is 2.27 bits per heavy atom. The van der Waals surface area contributed by atoms with Crippen LogP contribution in [-0.2, 0) is 11.2 Å². The van der Waals surface area contributed by atoms with Crippen LogP contribution in [0.1, 0.15) is 15.9 Å². The molecule has 0 atom stereocenters. The SMILES string of the molecule is CNC(=O)Cc1ccc(OC)cc1C=O. The van der Waals surface area contributed by atoms with E-state index in [-0.39, 0.29) is 12.3 Å². The molecule has 0 radical (unpaired) electrons. The first-order valence-corrected chi connectivity index (χ1v) is 4.54. The van der Waals surface area contributed by atoms with E-state index in [1.165, 1.54) is 7.11 Å². The van der Waals surface area contributed by atoms with Crippen molar-refractivity contribution in [3.63, 3.8) is 0 Å². The quantitative estimate of drug-likeness (QED) is 0.743. The summed E-state index contributed by atoms with van der Waals surface area (Å²) in [6, 6.07) is 5.06. The molecule has 4 heteroatoms. The zero-order chi connectivity index (χ0) is 11.3. The normalized spacial score (nSPS) is 9.47. The first-order valence-electron chi connectivity index (χ1n) is 4.54. The van der Waals surface area contributed by atoms with E-state index in [9.17, 15) is 9.59 Å². The highest BCUT2D eigenvalue weighted by Crippen LogP contribution is 2.16. The number of benzene rings is 1. The Morgan fingerprint density at radius 1 is 1.53 bits per heavy atom. The fourth-order valence-electron chi connectivity index (χ4n) is 1.23. The van der Waals surface area contributed by atoms with Gasteiger partial charge in [0.05, 0.1) is 13.5 Å². The van der Waals surface area contributed by atoms with Gasteiger partial charge in [0.25, 0.3) is 0 Å². The van der Waals surface area contributed by atoms with Crippen molar-refractivity contribution in [2.24, 2.45) is 0 Å². The van der Waals surface area contributed by atoms with Gasteiger partial charge in [-0.05, 0) is 17.7 Å². The van der Waals surface area contributed by atoms with Gasteiger partial charge in [0.2, 0.25) is 5.91 Å². The lowest BCUT2D eigenvalue weighted by Gasteiger charge is -2.06. The van der Waals surface area contributed by atoms with Crippen LogP contribution in [-0.4, -0.2) is 26.4 Å². The lowest BCUT2D eigenvalue weighted by atomic mass is 10.0. The molecule has 1 aromatic carbocycles. The number of likely N-dealkylation sites (N-methyl/N-ethyl adjacent to an activating group) is 1. The van der Waals surface area contributed by atoms with Crippen LogP contribution in [0.5, 0.6) is 5.75 Å². The Kier molecular flexibility index (Phi) is 3.85. The van der Waals surface area contributed by atoms with Gasteiger partial charge in [-0.2, -0.15) is 0 Å². The molecule has 0 aliphatic rings. The van der Waals surface area contributed by atoms with Crippen molar-refractivity contribution in [3.8, 4) is 5.75 Å². The highest BCUT2D eigenvalue weighted by Gasteiger charge is 2.07. The molecule has 0 aromatic heterocycles. The number of ether oxygens (including phenoxy) is 1. The monoisotopic (exact) mass is 207 g/mol. The van der Waals surface area contributed by atoms with E-state index in [4.69, 9.17) is 4.74 Å². The molecular weight excluding hydrogens is 194 g/mol. The van der Waals surface area contributed by atoms with Gasteiger partial charge in [-0.3, -0.25) is 9.59 Å². The van der Waals surface area contributed by atoms with Crippen molar-refractivity contribution in [3.05, 3.63) is 29.3 Å². The molecule has 0 saturated carbocycles. The lowest BCUT2D eigenvalue weighted by molar-refractivity contribution is -0.119. The highest BCUT2D eigenvalue weighted by molar-refractivity contribution is 5.84. The molecule has 1 amide bonds. The van der Waals surface area contributed by atoms with E-state index in [1.54, 1.807) is 25.2 Å². The van der Waals surface area contributed by atoms with Crippen molar-refractivity contribution in [1.82, 2.24) is 5.32 Å². The fraction of sp³-hybridized carbons (Fsp3) is 0.273. The van der Waals surface area contributed by atoms with Crippen molar-refractivity contribution < 1.29 is 14.3 Å². The van der Waals surface area contributed by atoms with Crippen LogP contribution in [0.3, 0.4) is 0 Å². The smallest absolute Gasteiger partial charge is 0.224 e. The second kappa shape index (κ2) is 5.14. The Morgan fingerprint density at radius 3 is 2.80 bits per heavy atom.